The fraction of sp³-hybridized carbons (Fsp3) is 0.0667. The van der Waals surface area contributed by atoms with Gasteiger partial charge in [0, 0.05) is 29.7 Å². The zero-order valence-electron chi connectivity index (χ0n) is 10.7. The van der Waals surface area contributed by atoms with Gasteiger partial charge < -0.3 is 10.3 Å². The lowest BCUT2D eigenvalue weighted by Gasteiger charge is -2.06. The highest BCUT2D eigenvalue weighted by molar-refractivity contribution is 5.83. The first-order valence-corrected chi connectivity index (χ1v) is 6.28. The summed E-state index contributed by atoms with van der Waals surface area (Å²) in [4.78, 5) is 13.8. The molecule has 0 aliphatic heterocycles. The third kappa shape index (κ3) is 2.21. The molecule has 3 aromatic rings. The van der Waals surface area contributed by atoms with Gasteiger partial charge in [-0.05, 0) is 17.7 Å². The predicted molar refractivity (Wildman–Crippen MR) is 78.7 cm³/mol. The van der Waals surface area contributed by atoms with Crippen LogP contribution in [0.2, 0.25) is 0 Å². The number of para-hydroxylation sites is 3. The van der Waals surface area contributed by atoms with E-state index in [1.54, 1.807) is 18.2 Å². The number of rotatable bonds is 4. The fourth-order valence-corrected chi connectivity index (χ4v) is 2.25. The molecule has 0 atom stereocenters. The maximum absolute atomic E-state index is 11.0. The number of nitrogens with zero attached hydrogens (tertiary/aromatic N) is 1. The van der Waals surface area contributed by atoms with Crippen LogP contribution < -0.4 is 5.32 Å². The van der Waals surface area contributed by atoms with E-state index in [4.69, 9.17) is 0 Å². The molecule has 5 nitrogen and oxygen atoms in total. The van der Waals surface area contributed by atoms with Crippen molar-refractivity contribution in [1.29, 1.82) is 0 Å². The molecule has 0 aliphatic carbocycles. The molecule has 3 rings (SSSR count). The molecule has 0 saturated carbocycles. The van der Waals surface area contributed by atoms with Crippen LogP contribution in [-0.2, 0) is 6.54 Å². The number of nitro groups is 1. The van der Waals surface area contributed by atoms with Crippen molar-refractivity contribution >= 4 is 22.3 Å². The van der Waals surface area contributed by atoms with E-state index in [-0.39, 0.29) is 10.6 Å². The van der Waals surface area contributed by atoms with Crippen molar-refractivity contribution in [3.05, 3.63) is 70.4 Å². The molecule has 2 N–H and O–H groups in total. The number of aromatic nitrogens is 1. The number of benzene rings is 2. The summed E-state index contributed by atoms with van der Waals surface area (Å²) in [7, 11) is 0. The molecule has 0 saturated heterocycles. The normalized spacial score (nSPS) is 10.6. The third-order valence-corrected chi connectivity index (χ3v) is 3.24. The number of nitro benzene ring substituents is 1. The molecule has 5 heteroatoms. The van der Waals surface area contributed by atoms with E-state index in [2.05, 4.69) is 10.3 Å². The Kier molecular flexibility index (Phi) is 3.09. The van der Waals surface area contributed by atoms with E-state index < -0.39 is 0 Å². The SMILES string of the molecule is O=[N+]([O-])c1ccccc1NCc1c[nH]c2ccccc12. The second-order valence-electron chi connectivity index (χ2n) is 4.49. The van der Waals surface area contributed by atoms with Gasteiger partial charge in [-0.3, -0.25) is 10.1 Å². The van der Waals surface area contributed by atoms with E-state index in [0.29, 0.717) is 12.2 Å². The minimum Gasteiger partial charge on any atom is -0.375 e. The van der Waals surface area contributed by atoms with Gasteiger partial charge in [0.25, 0.3) is 5.69 Å². The summed E-state index contributed by atoms with van der Waals surface area (Å²) in [5.41, 5.74) is 2.76. The number of anilines is 1. The highest BCUT2D eigenvalue weighted by Gasteiger charge is 2.12. The van der Waals surface area contributed by atoms with Crippen LogP contribution in [0.3, 0.4) is 0 Å². The highest BCUT2D eigenvalue weighted by atomic mass is 16.6. The van der Waals surface area contributed by atoms with E-state index >= 15 is 0 Å². The van der Waals surface area contributed by atoms with Crippen molar-refractivity contribution in [2.75, 3.05) is 5.32 Å². The summed E-state index contributed by atoms with van der Waals surface area (Å²) in [5, 5.41) is 15.2. The van der Waals surface area contributed by atoms with E-state index in [0.717, 1.165) is 16.5 Å². The van der Waals surface area contributed by atoms with Crippen molar-refractivity contribution in [2.45, 2.75) is 6.54 Å². The summed E-state index contributed by atoms with van der Waals surface area (Å²) in [6, 6.07) is 14.6. The van der Waals surface area contributed by atoms with Gasteiger partial charge in [-0.15, -0.1) is 0 Å². The molecule has 0 spiro atoms. The monoisotopic (exact) mass is 267 g/mol. The smallest absolute Gasteiger partial charge is 0.292 e. The highest BCUT2D eigenvalue weighted by Crippen LogP contribution is 2.25. The first kappa shape index (κ1) is 12.2. The quantitative estimate of drug-likeness (QED) is 0.559. The molecule has 20 heavy (non-hydrogen) atoms. The molecular formula is C15H13N3O2. The lowest BCUT2D eigenvalue weighted by Crippen LogP contribution is -2.01. The molecule has 0 amide bonds. The summed E-state index contributed by atoms with van der Waals surface area (Å²) < 4.78 is 0. The number of hydrogen-bond acceptors (Lipinski definition) is 3. The Morgan fingerprint density at radius 1 is 1.10 bits per heavy atom. The van der Waals surface area contributed by atoms with Gasteiger partial charge in [0.2, 0.25) is 0 Å². The number of H-pyrrole nitrogens is 1. The predicted octanol–water partition coefficient (Wildman–Crippen LogP) is 3.69. The zero-order valence-corrected chi connectivity index (χ0v) is 10.7. The molecule has 0 fully saturated rings. The molecule has 1 heterocycles. The Balaban J connectivity index is 1.85. The first-order valence-electron chi connectivity index (χ1n) is 6.28. The Morgan fingerprint density at radius 3 is 2.70 bits per heavy atom. The van der Waals surface area contributed by atoms with Gasteiger partial charge in [-0.2, -0.15) is 0 Å². The van der Waals surface area contributed by atoms with Crippen molar-refractivity contribution in [2.24, 2.45) is 0 Å². The van der Waals surface area contributed by atoms with E-state index in [9.17, 15) is 10.1 Å². The summed E-state index contributed by atoms with van der Waals surface area (Å²) in [5.74, 6) is 0. The molecule has 1 aromatic heterocycles. The standard InChI is InChI=1S/C15H13N3O2/c19-18(20)15-8-4-3-7-14(15)17-10-11-9-16-13-6-2-1-5-12(11)13/h1-9,16-17H,10H2. The maximum atomic E-state index is 11.0. The van der Waals surface area contributed by atoms with Crippen LogP contribution in [0.1, 0.15) is 5.56 Å². The third-order valence-electron chi connectivity index (χ3n) is 3.24. The van der Waals surface area contributed by atoms with Gasteiger partial charge in [0.05, 0.1) is 4.92 Å². The summed E-state index contributed by atoms with van der Waals surface area (Å²) in [6.07, 6.45) is 1.92. The maximum Gasteiger partial charge on any atom is 0.292 e. The minimum atomic E-state index is -0.377. The Hall–Kier alpha value is -2.82. The molecule has 0 aliphatic rings. The fourth-order valence-electron chi connectivity index (χ4n) is 2.25. The van der Waals surface area contributed by atoms with Crippen LogP contribution in [0.25, 0.3) is 10.9 Å². The zero-order chi connectivity index (χ0) is 13.9. The Bertz CT molecular complexity index is 764. The minimum absolute atomic E-state index is 0.0901. The number of nitrogens with one attached hydrogen (secondary N) is 2. The Labute approximate surface area is 115 Å². The molecular weight excluding hydrogens is 254 g/mol. The number of aromatic amines is 1. The second kappa shape index (κ2) is 5.05. The second-order valence-corrected chi connectivity index (χ2v) is 4.49. The molecule has 100 valence electrons. The van der Waals surface area contributed by atoms with Crippen molar-refractivity contribution in [3.63, 3.8) is 0 Å². The topological polar surface area (TPSA) is 71.0 Å². The van der Waals surface area contributed by atoms with Crippen LogP contribution in [0.5, 0.6) is 0 Å². The van der Waals surface area contributed by atoms with Gasteiger partial charge in [0.1, 0.15) is 5.69 Å². The average Bonchev–Trinajstić information content (AvgIpc) is 2.88. The number of hydrogen-bond donors (Lipinski definition) is 2. The molecule has 0 bridgehead atoms. The molecule has 0 unspecified atom stereocenters. The Morgan fingerprint density at radius 2 is 1.85 bits per heavy atom. The average molecular weight is 267 g/mol. The van der Waals surface area contributed by atoms with Crippen LogP contribution >= 0.6 is 0 Å². The van der Waals surface area contributed by atoms with Gasteiger partial charge in [-0.25, -0.2) is 0 Å². The lowest BCUT2D eigenvalue weighted by atomic mass is 10.1. The largest absolute Gasteiger partial charge is 0.375 e. The van der Waals surface area contributed by atoms with Crippen molar-refractivity contribution in [3.8, 4) is 0 Å². The van der Waals surface area contributed by atoms with E-state index in [1.165, 1.54) is 6.07 Å². The molecule has 0 radical (unpaired) electrons. The summed E-state index contributed by atoms with van der Waals surface area (Å²) >= 11 is 0. The van der Waals surface area contributed by atoms with Gasteiger partial charge in [0.15, 0.2) is 0 Å². The summed E-state index contributed by atoms with van der Waals surface area (Å²) in [6.45, 7) is 0.537. The first-order chi connectivity index (χ1) is 9.75. The van der Waals surface area contributed by atoms with Gasteiger partial charge >= 0.3 is 0 Å². The molecule has 2 aromatic carbocycles. The van der Waals surface area contributed by atoms with Crippen LogP contribution in [0.4, 0.5) is 11.4 Å². The van der Waals surface area contributed by atoms with Crippen LogP contribution in [-0.4, -0.2) is 9.91 Å². The lowest BCUT2D eigenvalue weighted by molar-refractivity contribution is -0.384. The van der Waals surface area contributed by atoms with Crippen LogP contribution in [0.15, 0.2) is 54.7 Å². The van der Waals surface area contributed by atoms with E-state index in [1.807, 2.05) is 30.5 Å². The van der Waals surface area contributed by atoms with Crippen molar-refractivity contribution < 1.29 is 4.92 Å². The number of fused-ring (bicyclic) bond motifs is 1. The van der Waals surface area contributed by atoms with Gasteiger partial charge in [-0.1, -0.05) is 30.3 Å². The van der Waals surface area contributed by atoms with Crippen molar-refractivity contribution in [1.82, 2.24) is 4.98 Å². The van der Waals surface area contributed by atoms with Crippen LogP contribution in [0, 0.1) is 10.1 Å².